The largest absolute Gasteiger partial charge is 0.491 e. The van der Waals surface area contributed by atoms with Crippen LogP contribution in [-0.4, -0.2) is 91.8 Å². The van der Waals surface area contributed by atoms with Crippen molar-refractivity contribution in [3.8, 4) is 5.75 Å². The lowest BCUT2D eigenvalue weighted by atomic mass is 10.0. The summed E-state index contributed by atoms with van der Waals surface area (Å²) in [6, 6.07) is 7.22. The van der Waals surface area contributed by atoms with Crippen LogP contribution in [0, 0.1) is 0 Å². The number of amides is 1. The number of carbonyl (C=O) groups excluding carboxylic acids is 1. The molecule has 0 radical (unpaired) electrons. The van der Waals surface area contributed by atoms with Crippen LogP contribution in [0.25, 0.3) is 0 Å². The van der Waals surface area contributed by atoms with Crippen molar-refractivity contribution in [1.82, 2.24) is 0 Å². The van der Waals surface area contributed by atoms with Crippen LogP contribution < -0.4 is 10.1 Å². The smallest absolute Gasteiger partial charge is 0.221 e. The van der Waals surface area contributed by atoms with Gasteiger partial charge in [0.25, 0.3) is 0 Å². The monoisotopic (exact) mass is 625 g/mol. The summed E-state index contributed by atoms with van der Waals surface area (Å²) in [4.78, 5) is 11.0. The number of hydrogen-bond acceptors (Lipinski definition) is 8. The van der Waals surface area contributed by atoms with Crippen LogP contribution in [0.3, 0.4) is 0 Å². The maximum atomic E-state index is 11.0. The number of anilines is 1. The molecule has 0 atom stereocenters. The van der Waals surface area contributed by atoms with Gasteiger partial charge < -0.3 is 38.5 Å². The Morgan fingerprint density at radius 2 is 0.818 bits per heavy atom. The third-order valence-electron chi connectivity index (χ3n) is 6.92. The Hall–Kier alpha value is -1.75. The van der Waals surface area contributed by atoms with Gasteiger partial charge in [-0.2, -0.15) is 0 Å². The van der Waals surface area contributed by atoms with Gasteiger partial charge in [-0.25, -0.2) is 0 Å². The van der Waals surface area contributed by atoms with Crippen molar-refractivity contribution in [2.75, 3.05) is 91.2 Å². The summed E-state index contributed by atoms with van der Waals surface area (Å²) in [5, 5.41) is 2.72. The lowest BCUT2D eigenvalue weighted by Crippen LogP contribution is -2.14. The fourth-order valence-electron chi connectivity index (χ4n) is 4.48. The summed E-state index contributed by atoms with van der Waals surface area (Å²) in [7, 11) is 0. The van der Waals surface area contributed by atoms with E-state index >= 15 is 0 Å². The Labute approximate surface area is 268 Å². The molecular formula is C35H63NO8. The molecule has 1 N–H and O–H groups in total. The Bertz CT molecular complexity index is 734. The molecule has 0 saturated heterocycles. The molecule has 0 aliphatic carbocycles. The zero-order valence-electron chi connectivity index (χ0n) is 28.0. The van der Waals surface area contributed by atoms with Crippen molar-refractivity contribution in [2.24, 2.45) is 0 Å². The van der Waals surface area contributed by atoms with Crippen LogP contribution in [0.15, 0.2) is 24.3 Å². The van der Waals surface area contributed by atoms with Gasteiger partial charge in [0, 0.05) is 19.2 Å². The summed E-state index contributed by atoms with van der Waals surface area (Å²) in [5.41, 5.74) is 0.742. The molecule has 1 aromatic rings. The molecule has 0 aromatic heterocycles. The van der Waals surface area contributed by atoms with Gasteiger partial charge in [0.05, 0.1) is 72.7 Å². The molecule has 0 aliphatic rings. The fraction of sp³-hybridized carbons (Fsp3) is 0.800. The normalized spacial score (nSPS) is 11.2. The lowest BCUT2D eigenvalue weighted by molar-refractivity contribution is -0.114. The molecule has 1 rings (SSSR count). The molecule has 9 nitrogen and oxygen atoms in total. The van der Waals surface area contributed by atoms with E-state index in [1.165, 1.54) is 84.0 Å². The SMILES string of the molecule is CCCCCCCCCCCCCCCOCCOCCOCCOCCOCCOCCOc1ccc(NC(C)=O)cc1. The molecule has 0 unspecified atom stereocenters. The van der Waals surface area contributed by atoms with Crippen LogP contribution in [0.5, 0.6) is 5.75 Å². The summed E-state index contributed by atoms with van der Waals surface area (Å²) in [6.07, 6.45) is 17.8. The van der Waals surface area contributed by atoms with Gasteiger partial charge in [-0.05, 0) is 30.7 Å². The molecule has 0 bridgehead atoms. The molecular weight excluding hydrogens is 562 g/mol. The van der Waals surface area contributed by atoms with Gasteiger partial charge in [-0.15, -0.1) is 0 Å². The molecule has 1 aromatic carbocycles. The average Bonchev–Trinajstić information content (AvgIpc) is 3.02. The van der Waals surface area contributed by atoms with E-state index < -0.39 is 0 Å². The molecule has 0 heterocycles. The van der Waals surface area contributed by atoms with E-state index in [9.17, 15) is 4.79 Å². The zero-order valence-corrected chi connectivity index (χ0v) is 28.0. The van der Waals surface area contributed by atoms with E-state index in [1.54, 1.807) is 12.1 Å². The molecule has 9 heteroatoms. The van der Waals surface area contributed by atoms with Crippen molar-refractivity contribution < 1.29 is 38.0 Å². The van der Waals surface area contributed by atoms with Crippen LogP contribution in [0.2, 0.25) is 0 Å². The number of rotatable bonds is 34. The molecule has 0 fully saturated rings. The maximum Gasteiger partial charge on any atom is 0.221 e. The second-order valence-electron chi connectivity index (χ2n) is 11.0. The first-order valence-corrected chi connectivity index (χ1v) is 17.2. The Morgan fingerprint density at radius 3 is 1.20 bits per heavy atom. The molecule has 0 spiro atoms. The molecule has 0 saturated carbocycles. The maximum absolute atomic E-state index is 11.0. The second kappa shape index (κ2) is 32.6. The van der Waals surface area contributed by atoms with Crippen LogP contribution in [0.1, 0.15) is 97.3 Å². The van der Waals surface area contributed by atoms with Gasteiger partial charge in [-0.3, -0.25) is 4.79 Å². The van der Waals surface area contributed by atoms with Crippen molar-refractivity contribution in [2.45, 2.75) is 97.3 Å². The van der Waals surface area contributed by atoms with Gasteiger partial charge >= 0.3 is 0 Å². The number of benzene rings is 1. The van der Waals surface area contributed by atoms with E-state index in [2.05, 4.69) is 12.2 Å². The summed E-state index contributed by atoms with van der Waals surface area (Å²) in [5.74, 6) is 0.631. The van der Waals surface area contributed by atoms with Gasteiger partial charge in [0.1, 0.15) is 12.4 Å². The molecule has 256 valence electrons. The summed E-state index contributed by atoms with van der Waals surface area (Å²) in [6.45, 7) is 11.0. The minimum atomic E-state index is -0.0988. The topological polar surface area (TPSA) is 93.7 Å². The first-order valence-electron chi connectivity index (χ1n) is 17.2. The number of unbranched alkanes of at least 4 members (excludes halogenated alkanes) is 12. The highest BCUT2D eigenvalue weighted by Gasteiger charge is 1.99. The summed E-state index contributed by atoms with van der Waals surface area (Å²) >= 11 is 0. The number of nitrogens with one attached hydrogen (secondary N) is 1. The average molecular weight is 626 g/mol. The summed E-state index contributed by atoms with van der Waals surface area (Å²) < 4.78 is 38.9. The Morgan fingerprint density at radius 1 is 0.477 bits per heavy atom. The number of carbonyl (C=O) groups is 1. The standard InChI is InChI=1S/C35H63NO8/c1-3-4-5-6-7-8-9-10-11-12-13-14-15-20-38-21-22-39-23-24-40-25-26-41-27-28-42-29-30-43-31-32-44-35-18-16-34(17-19-35)36-33(2)37/h16-19H,3-15,20-32H2,1-2H3,(H,36,37). The highest BCUT2D eigenvalue weighted by molar-refractivity contribution is 5.88. The highest BCUT2D eigenvalue weighted by atomic mass is 16.6. The minimum absolute atomic E-state index is 0.0988. The minimum Gasteiger partial charge on any atom is -0.491 e. The first-order chi connectivity index (χ1) is 21.7. The Kier molecular flexibility index (Phi) is 29.9. The van der Waals surface area contributed by atoms with E-state index in [1.807, 2.05) is 12.1 Å². The predicted molar refractivity (Wildman–Crippen MR) is 177 cm³/mol. The number of ether oxygens (including phenoxy) is 7. The zero-order chi connectivity index (χ0) is 31.6. The van der Waals surface area contributed by atoms with Crippen LogP contribution in [0.4, 0.5) is 5.69 Å². The van der Waals surface area contributed by atoms with Crippen molar-refractivity contribution in [3.63, 3.8) is 0 Å². The third-order valence-corrected chi connectivity index (χ3v) is 6.92. The van der Waals surface area contributed by atoms with E-state index in [0.29, 0.717) is 79.3 Å². The molecule has 1 amide bonds. The number of hydrogen-bond donors (Lipinski definition) is 1. The van der Waals surface area contributed by atoms with Gasteiger partial charge in [-0.1, -0.05) is 84.0 Å². The van der Waals surface area contributed by atoms with E-state index in [0.717, 1.165) is 24.5 Å². The second-order valence-corrected chi connectivity index (χ2v) is 11.0. The van der Waals surface area contributed by atoms with Crippen molar-refractivity contribution in [1.29, 1.82) is 0 Å². The molecule has 0 aliphatic heterocycles. The van der Waals surface area contributed by atoms with E-state index in [-0.39, 0.29) is 5.91 Å². The van der Waals surface area contributed by atoms with E-state index in [4.69, 9.17) is 33.2 Å². The predicted octanol–water partition coefficient (Wildman–Crippen LogP) is 7.21. The quantitative estimate of drug-likeness (QED) is 0.0803. The van der Waals surface area contributed by atoms with Gasteiger partial charge in [0.2, 0.25) is 5.91 Å². The van der Waals surface area contributed by atoms with Crippen molar-refractivity contribution in [3.05, 3.63) is 24.3 Å². The highest BCUT2D eigenvalue weighted by Crippen LogP contribution is 2.15. The van der Waals surface area contributed by atoms with Crippen LogP contribution >= 0.6 is 0 Å². The third kappa shape index (κ3) is 29.0. The lowest BCUT2D eigenvalue weighted by Gasteiger charge is -2.09. The van der Waals surface area contributed by atoms with Gasteiger partial charge in [0.15, 0.2) is 0 Å². The van der Waals surface area contributed by atoms with Crippen LogP contribution in [-0.2, 0) is 33.2 Å². The van der Waals surface area contributed by atoms with Crippen molar-refractivity contribution >= 4 is 11.6 Å². The first kappa shape index (κ1) is 40.3. The molecule has 44 heavy (non-hydrogen) atoms. The Balaban J connectivity index is 1.67. The fourth-order valence-corrected chi connectivity index (χ4v) is 4.48.